The Balaban J connectivity index is 3.46. The van der Waals surface area contributed by atoms with Crippen molar-refractivity contribution in [3.63, 3.8) is 0 Å². The van der Waals surface area contributed by atoms with Crippen LogP contribution in [0.25, 0.3) is 0 Å². The SMILES string of the molecule is Cc1nc(C(=O)O)c(S(=O)(=O)Cl)s1. The number of nitrogens with zero attached hydrogens (tertiary/aromatic N) is 1. The number of thiazole rings is 1. The Hall–Kier alpha value is -0.660. The smallest absolute Gasteiger partial charge is 0.356 e. The second-order valence-electron chi connectivity index (χ2n) is 2.11. The molecule has 0 amide bonds. The quantitative estimate of drug-likeness (QED) is 0.783. The van der Waals surface area contributed by atoms with Gasteiger partial charge in [0.15, 0.2) is 9.90 Å². The van der Waals surface area contributed by atoms with Crippen molar-refractivity contribution < 1.29 is 18.3 Å². The molecule has 0 saturated heterocycles. The maximum atomic E-state index is 10.8. The van der Waals surface area contributed by atoms with Crippen LogP contribution in [0.2, 0.25) is 0 Å². The van der Waals surface area contributed by atoms with Crippen molar-refractivity contribution in [3.05, 3.63) is 10.7 Å². The number of hydrogen-bond donors (Lipinski definition) is 1. The van der Waals surface area contributed by atoms with Crippen LogP contribution in [-0.2, 0) is 9.05 Å². The number of aromatic carboxylic acids is 1. The van der Waals surface area contributed by atoms with Gasteiger partial charge in [-0.2, -0.15) is 0 Å². The Morgan fingerprint density at radius 2 is 2.15 bits per heavy atom. The summed E-state index contributed by atoms with van der Waals surface area (Å²) in [5.41, 5.74) is -0.516. The van der Waals surface area contributed by atoms with Gasteiger partial charge in [0.25, 0.3) is 9.05 Å². The van der Waals surface area contributed by atoms with E-state index in [2.05, 4.69) is 4.98 Å². The maximum absolute atomic E-state index is 10.8. The third-order valence-corrected chi connectivity index (χ3v) is 4.17. The van der Waals surface area contributed by atoms with Crippen LogP contribution < -0.4 is 0 Å². The largest absolute Gasteiger partial charge is 0.476 e. The molecule has 0 fully saturated rings. The summed E-state index contributed by atoms with van der Waals surface area (Å²) >= 11 is 0.738. The fraction of sp³-hybridized carbons (Fsp3) is 0.200. The molecule has 8 heteroatoms. The van der Waals surface area contributed by atoms with Crippen LogP contribution >= 0.6 is 22.0 Å². The minimum Gasteiger partial charge on any atom is -0.476 e. The lowest BCUT2D eigenvalue weighted by molar-refractivity contribution is 0.0687. The van der Waals surface area contributed by atoms with Gasteiger partial charge in [0.05, 0.1) is 5.01 Å². The number of rotatable bonds is 2. The van der Waals surface area contributed by atoms with E-state index < -0.39 is 24.9 Å². The second kappa shape index (κ2) is 3.24. The highest BCUT2D eigenvalue weighted by molar-refractivity contribution is 8.15. The molecule has 0 unspecified atom stereocenters. The molecule has 0 radical (unpaired) electrons. The van der Waals surface area contributed by atoms with Gasteiger partial charge >= 0.3 is 5.97 Å². The first-order valence-electron chi connectivity index (χ1n) is 2.97. The second-order valence-corrected chi connectivity index (χ2v) is 6.08. The van der Waals surface area contributed by atoms with Crippen LogP contribution in [0.4, 0.5) is 0 Å². The molecule has 0 aliphatic carbocycles. The predicted molar refractivity (Wildman–Crippen MR) is 46.8 cm³/mol. The number of halogens is 1. The van der Waals surface area contributed by atoms with Crippen LogP contribution in [0, 0.1) is 6.92 Å². The highest BCUT2D eigenvalue weighted by Gasteiger charge is 2.25. The molecule has 1 rings (SSSR count). The molecule has 13 heavy (non-hydrogen) atoms. The van der Waals surface area contributed by atoms with E-state index >= 15 is 0 Å². The number of aryl methyl sites for hydroxylation is 1. The van der Waals surface area contributed by atoms with E-state index in [0.29, 0.717) is 5.01 Å². The van der Waals surface area contributed by atoms with Gasteiger partial charge in [0.2, 0.25) is 0 Å². The van der Waals surface area contributed by atoms with E-state index in [1.807, 2.05) is 0 Å². The number of carboxylic acid groups (broad SMARTS) is 1. The lowest BCUT2D eigenvalue weighted by Crippen LogP contribution is -2.02. The summed E-state index contributed by atoms with van der Waals surface area (Å²) in [6.07, 6.45) is 0. The molecule has 1 N–H and O–H groups in total. The molecule has 72 valence electrons. The van der Waals surface area contributed by atoms with Crippen LogP contribution in [0.3, 0.4) is 0 Å². The van der Waals surface area contributed by atoms with E-state index in [0.717, 1.165) is 11.3 Å². The zero-order valence-electron chi connectivity index (χ0n) is 6.31. The Labute approximate surface area is 82.4 Å². The maximum Gasteiger partial charge on any atom is 0.356 e. The predicted octanol–water partition coefficient (Wildman–Crippen LogP) is 1.08. The van der Waals surface area contributed by atoms with Gasteiger partial charge in [-0.25, -0.2) is 18.2 Å². The first-order chi connectivity index (χ1) is 5.82. The molecule has 0 aliphatic heterocycles. The van der Waals surface area contributed by atoms with Crippen molar-refractivity contribution in [2.45, 2.75) is 11.1 Å². The number of aromatic nitrogens is 1. The lowest BCUT2D eigenvalue weighted by Gasteiger charge is -1.90. The van der Waals surface area contributed by atoms with Gasteiger partial charge in [-0.3, -0.25) is 0 Å². The highest BCUT2D eigenvalue weighted by atomic mass is 35.7. The van der Waals surface area contributed by atoms with E-state index in [4.69, 9.17) is 15.8 Å². The summed E-state index contributed by atoms with van der Waals surface area (Å²) in [5.74, 6) is -1.40. The summed E-state index contributed by atoms with van der Waals surface area (Å²) in [5, 5.41) is 8.91. The molecule has 0 aliphatic rings. The minimum absolute atomic E-state index is 0.344. The monoisotopic (exact) mass is 241 g/mol. The molecular formula is C5H4ClNO4S2. The van der Waals surface area contributed by atoms with Gasteiger partial charge < -0.3 is 5.11 Å². The van der Waals surface area contributed by atoms with E-state index in [-0.39, 0.29) is 0 Å². The average molecular weight is 242 g/mol. The first kappa shape index (κ1) is 10.4. The van der Waals surface area contributed by atoms with Crippen molar-refractivity contribution in [3.8, 4) is 0 Å². The molecule has 0 spiro atoms. The summed E-state index contributed by atoms with van der Waals surface area (Å²) in [6, 6.07) is 0. The molecule has 0 atom stereocenters. The molecule has 0 aromatic carbocycles. The zero-order chi connectivity index (χ0) is 10.2. The van der Waals surface area contributed by atoms with E-state index in [1.54, 1.807) is 0 Å². The van der Waals surface area contributed by atoms with E-state index in [1.165, 1.54) is 6.92 Å². The van der Waals surface area contributed by atoms with Crippen LogP contribution in [-0.4, -0.2) is 24.5 Å². The molecule has 5 nitrogen and oxygen atoms in total. The third kappa shape index (κ3) is 2.17. The highest BCUT2D eigenvalue weighted by Crippen LogP contribution is 2.26. The van der Waals surface area contributed by atoms with Crippen LogP contribution in [0.5, 0.6) is 0 Å². The van der Waals surface area contributed by atoms with Gasteiger partial charge in [0, 0.05) is 10.7 Å². The topological polar surface area (TPSA) is 84.3 Å². The standard InChI is InChI=1S/C5H4ClNO4S2/c1-2-7-3(4(8)9)5(12-2)13(6,10)11/h1H3,(H,8,9). The molecule has 1 aromatic heterocycles. The molecular weight excluding hydrogens is 238 g/mol. The minimum atomic E-state index is -4.01. The van der Waals surface area contributed by atoms with Crippen molar-refractivity contribution in [2.75, 3.05) is 0 Å². The average Bonchev–Trinajstić information content (AvgIpc) is 2.29. The fourth-order valence-electron chi connectivity index (χ4n) is 0.709. The summed E-state index contributed by atoms with van der Waals surface area (Å²) in [4.78, 5) is 14.0. The Bertz CT molecular complexity index is 449. The Morgan fingerprint density at radius 3 is 2.46 bits per heavy atom. The van der Waals surface area contributed by atoms with Gasteiger partial charge in [-0.05, 0) is 6.92 Å². The normalized spacial score (nSPS) is 11.5. The van der Waals surface area contributed by atoms with Crippen molar-refractivity contribution in [1.82, 2.24) is 4.98 Å². The zero-order valence-corrected chi connectivity index (χ0v) is 8.70. The first-order valence-corrected chi connectivity index (χ1v) is 6.10. The molecule has 1 aromatic rings. The third-order valence-electron chi connectivity index (χ3n) is 1.13. The van der Waals surface area contributed by atoms with Gasteiger partial charge in [-0.15, -0.1) is 11.3 Å². The van der Waals surface area contributed by atoms with Gasteiger partial charge in [0.1, 0.15) is 0 Å². The molecule has 0 saturated carbocycles. The Kier molecular flexibility index (Phi) is 2.60. The lowest BCUT2D eigenvalue weighted by atomic mass is 10.5. The Morgan fingerprint density at radius 1 is 1.62 bits per heavy atom. The fourth-order valence-corrected chi connectivity index (χ4v) is 2.97. The van der Waals surface area contributed by atoms with Crippen molar-refractivity contribution >= 4 is 37.0 Å². The van der Waals surface area contributed by atoms with Crippen LogP contribution in [0.1, 0.15) is 15.5 Å². The summed E-state index contributed by atoms with van der Waals surface area (Å²) in [6.45, 7) is 1.50. The van der Waals surface area contributed by atoms with Crippen LogP contribution in [0.15, 0.2) is 4.21 Å². The number of carboxylic acids is 1. The number of carbonyl (C=O) groups is 1. The van der Waals surface area contributed by atoms with E-state index in [9.17, 15) is 13.2 Å². The summed E-state index contributed by atoms with van der Waals surface area (Å²) < 4.78 is 21.3. The molecule has 0 bridgehead atoms. The summed E-state index contributed by atoms with van der Waals surface area (Å²) in [7, 11) is 0.990. The molecule has 1 heterocycles. The van der Waals surface area contributed by atoms with Gasteiger partial charge in [-0.1, -0.05) is 0 Å². The number of hydrogen-bond acceptors (Lipinski definition) is 5. The van der Waals surface area contributed by atoms with Crippen molar-refractivity contribution in [2.24, 2.45) is 0 Å². The van der Waals surface area contributed by atoms with Crippen molar-refractivity contribution in [1.29, 1.82) is 0 Å².